The van der Waals surface area contributed by atoms with Crippen LogP contribution in [0.2, 0.25) is 0 Å². The molecule has 2 heteroatoms. The summed E-state index contributed by atoms with van der Waals surface area (Å²) in [6, 6.07) is 0. The first kappa shape index (κ1) is 12.2. The number of ketones is 1. The van der Waals surface area contributed by atoms with Gasteiger partial charge in [0.25, 0.3) is 0 Å². The van der Waals surface area contributed by atoms with E-state index in [2.05, 4.69) is 13.8 Å². The fourth-order valence-electron chi connectivity index (χ4n) is 2.00. The van der Waals surface area contributed by atoms with E-state index >= 15 is 0 Å². The fourth-order valence-corrected chi connectivity index (χ4v) is 2.00. The van der Waals surface area contributed by atoms with Crippen LogP contribution in [0.25, 0.3) is 0 Å². The highest BCUT2D eigenvalue weighted by atomic mass is 16.3. The summed E-state index contributed by atoms with van der Waals surface area (Å²) in [5.41, 5.74) is 1.96. The summed E-state index contributed by atoms with van der Waals surface area (Å²) in [6.45, 7) is 7.88. The van der Waals surface area contributed by atoms with Gasteiger partial charge in [-0.3, -0.25) is 4.79 Å². The van der Waals surface area contributed by atoms with E-state index in [0.29, 0.717) is 0 Å². The lowest BCUT2D eigenvalue weighted by Crippen LogP contribution is -2.21. The molecule has 0 aromatic carbocycles. The molecule has 0 saturated carbocycles. The average Bonchev–Trinajstić information content (AvgIpc) is 2.11. The highest BCUT2D eigenvalue weighted by Gasteiger charge is 2.27. The van der Waals surface area contributed by atoms with E-state index < -0.39 is 0 Å². The maximum Gasteiger partial charge on any atom is 0.181 e. The standard InChI is InChI=1S/C13H20O2/c1-9(14)5-6-11-10(2)12(15)7-8-13(11,3)4/h7-9,14H,5-6H2,1-4H3. The number of carbonyl (C=O) groups excluding carboxylic acids is 1. The lowest BCUT2D eigenvalue weighted by Gasteiger charge is -2.30. The first-order valence-corrected chi connectivity index (χ1v) is 5.46. The Balaban J connectivity index is 2.89. The Bertz CT molecular complexity index is 319. The van der Waals surface area contributed by atoms with Crippen LogP contribution in [0.15, 0.2) is 23.3 Å². The van der Waals surface area contributed by atoms with Crippen molar-refractivity contribution < 1.29 is 9.90 Å². The lowest BCUT2D eigenvalue weighted by atomic mass is 9.75. The molecule has 0 aromatic heterocycles. The van der Waals surface area contributed by atoms with E-state index in [1.54, 1.807) is 13.0 Å². The fraction of sp³-hybridized carbons (Fsp3) is 0.615. The monoisotopic (exact) mass is 208 g/mol. The molecule has 0 aliphatic heterocycles. The molecule has 2 nitrogen and oxygen atoms in total. The van der Waals surface area contributed by atoms with Gasteiger partial charge >= 0.3 is 0 Å². The van der Waals surface area contributed by atoms with E-state index in [-0.39, 0.29) is 17.3 Å². The van der Waals surface area contributed by atoms with Crippen molar-refractivity contribution in [1.82, 2.24) is 0 Å². The number of aliphatic hydroxyl groups is 1. The van der Waals surface area contributed by atoms with Crippen molar-refractivity contribution in [3.63, 3.8) is 0 Å². The second-order valence-corrected chi connectivity index (χ2v) is 4.91. The van der Waals surface area contributed by atoms with Crippen LogP contribution in [-0.2, 0) is 4.79 Å². The van der Waals surface area contributed by atoms with Crippen molar-refractivity contribution in [2.75, 3.05) is 0 Å². The van der Waals surface area contributed by atoms with Gasteiger partial charge in [0.05, 0.1) is 6.10 Å². The zero-order valence-electron chi connectivity index (χ0n) is 10.0. The van der Waals surface area contributed by atoms with Gasteiger partial charge in [0, 0.05) is 5.41 Å². The van der Waals surface area contributed by atoms with Gasteiger partial charge in [0.1, 0.15) is 0 Å². The number of hydrogen-bond donors (Lipinski definition) is 1. The molecule has 0 fully saturated rings. The molecule has 1 atom stereocenters. The molecule has 0 spiro atoms. The van der Waals surface area contributed by atoms with Crippen LogP contribution in [-0.4, -0.2) is 17.0 Å². The van der Waals surface area contributed by atoms with E-state index in [0.717, 1.165) is 24.0 Å². The molecule has 0 bridgehead atoms. The van der Waals surface area contributed by atoms with Gasteiger partial charge in [-0.05, 0) is 38.3 Å². The summed E-state index contributed by atoms with van der Waals surface area (Å²) < 4.78 is 0. The van der Waals surface area contributed by atoms with Crippen LogP contribution >= 0.6 is 0 Å². The van der Waals surface area contributed by atoms with Crippen molar-refractivity contribution in [2.24, 2.45) is 5.41 Å². The average molecular weight is 208 g/mol. The summed E-state index contributed by atoms with van der Waals surface area (Å²) in [5.74, 6) is 0.106. The Morgan fingerprint density at radius 2 is 2.07 bits per heavy atom. The quantitative estimate of drug-likeness (QED) is 0.774. The highest BCUT2D eigenvalue weighted by molar-refractivity contribution is 6.05. The maximum absolute atomic E-state index is 11.5. The molecule has 84 valence electrons. The molecule has 0 radical (unpaired) electrons. The third kappa shape index (κ3) is 2.78. The molecular formula is C13H20O2. The molecule has 1 N–H and O–H groups in total. The molecule has 0 heterocycles. The number of rotatable bonds is 3. The van der Waals surface area contributed by atoms with Gasteiger partial charge in [-0.2, -0.15) is 0 Å². The van der Waals surface area contributed by atoms with Gasteiger partial charge < -0.3 is 5.11 Å². The number of aliphatic hydroxyl groups excluding tert-OH is 1. The van der Waals surface area contributed by atoms with Gasteiger partial charge in [-0.1, -0.05) is 25.5 Å². The van der Waals surface area contributed by atoms with Crippen molar-refractivity contribution in [3.05, 3.63) is 23.3 Å². The second kappa shape index (κ2) is 4.31. The zero-order chi connectivity index (χ0) is 11.6. The SMILES string of the molecule is CC1=C(CCC(C)O)C(C)(C)C=CC1=O. The van der Waals surface area contributed by atoms with Gasteiger partial charge in [-0.25, -0.2) is 0 Å². The number of hydrogen-bond acceptors (Lipinski definition) is 2. The van der Waals surface area contributed by atoms with E-state index in [4.69, 9.17) is 0 Å². The smallest absolute Gasteiger partial charge is 0.181 e. The largest absolute Gasteiger partial charge is 0.393 e. The van der Waals surface area contributed by atoms with Crippen molar-refractivity contribution in [1.29, 1.82) is 0 Å². The third-order valence-corrected chi connectivity index (χ3v) is 3.06. The lowest BCUT2D eigenvalue weighted by molar-refractivity contribution is -0.111. The van der Waals surface area contributed by atoms with E-state index in [1.165, 1.54) is 0 Å². The minimum atomic E-state index is -0.304. The van der Waals surface area contributed by atoms with E-state index in [1.807, 2.05) is 13.0 Å². The van der Waals surface area contributed by atoms with Crippen molar-refractivity contribution in [2.45, 2.75) is 46.6 Å². The maximum atomic E-state index is 11.5. The summed E-state index contributed by atoms with van der Waals surface area (Å²) in [5, 5.41) is 9.28. The van der Waals surface area contributed by atoms with Crippen molar-refractivity contribution in [3.8, 4) is 0 Å². The van der Waals surface area contributed by atoms with Crippen LogP contribution in [0.3, 0.4) is 0 Å². The van der Waals surface area contributed by atoms with E-state index in [9.17, 15) is 9.90 Å². The van der Waals surface area contributed by atoms with Crippen molar-refractivity contribution >= 4 is 5.78 Å². The predicted octanol–water partition coefficient (Wildman–Crippen LogP) is 2.63. The Kier molecular flexibility index (Phi) is 3.50. The molecule has 0 aromatic rings. The Morgan fingerprint density at radius 3 is 2.60 bits per heavy atom. The Hall–Kier alpha value is -0.890. The van der Waals surface area contributed by atoms with Crippen LogP contribution in [0.5, 0.6) is 0 Å². The minimum absolute atomic E-state index is 0.0487. The molecule has 0 amide bonds. The molecule has 1 aliphatic rings. The van der Waals surface area contributed by atoms with Gasteiger partial charge in [0.15, 0.2) is 5.78 Å². The summed E-state index contributed by atoms with van der Waals surface area (Å²) >= 11 is 0. The Labute approximate surface area is 91.7 Å². The minimum Gasteiger partial charge on any atom is -0.393 e. The third-order valence-electron chi connectivity index (χ3n) is 3.06. The summed E-state index contributed by atoms with van der Waals surface area (Å²) in [7, 11) is 0. The molecule has 1 rings (SSSR count). The molecular weight excluding hydrogens is 188 g/mol. The molecule has 0 saturated heterocycles. The van der Waals surface area contributed by atoms with Gasteiger partial charge in [-0.15, -0.1) is 0 Å². The normalized spacial score (nSPS) is 22.1. The number of allylic oxidation sites excluding steroid dienone is 4. The predicted molar refractivity (Wildman–Crippen MR) is 61.5 cm³/mol. The summed E-state index contributed by atoms with van der Waals surface area (Å²) in [6.07, 6.45) is 4.83. The first-order chi connectivity index (χ1) is 6.84. The van der Waals surface area contributed by atoms with Crippen LogP contribution < -0.4 is 0 Å². The molecule has 15 heavy (non-hydrogen) atoms. The highest BCUT2D eigenvalue weighted by Crippen LogP contribution is 2.37. The molecule has 1 aliphatic carbocycles. The first-order valence-electron chi connectivity index (χ1n) is 5.46. The number of carbonyl (C=O) groups is 1. The van der Waals surface area contributed by atoms with Crippen LogP contribution in [0.1, 0.15) is 40.5 Å². The Morgan fingerprint density at radius 1 is 1.47 bits per heavy atom. The second-order valence-electron chi connectivity index (χ2n) is 4.91. The topological polar surface area (TPSA) is 37.3 Å². The van der Waals surface area contributed by atoms with Gasteiger partial charge in [0.2, 0.25) is 0 Å². The molecule has 1 unspecified atom stereocenters. The summed E-state index contributed by atoms with van der Waals surface area (Å²) in [4.78, 5) is 11.5. The zero-order valence-corrected chi connectivity index (χ0v) is 10.0. The van der Waals surface area contributed by atoms with Crippen LogP contribution in [0.4, 0.5) is 0 Å². The van der Waals surface area contributed by atoms with Crippen LogP contribution in [0, 0.1) is 5.41 Å².